The van der Waals surface area contributed by atoms with Gasteiger partial charge in [0, 0.05) is 18.6 Å². The van der Waals surface area contributed by atoms with E-state index in [1.807, 2.05) is 0 Å². The Morgan fingerprint density at radius 1 is 1.00 bits per heavy atom. The van der Waals surface area contributed by atoms with E-state index in [9.17, 15) is 0 Å². The second kappa shape index (κ2) is 6.02. The highest BCUT2D eigenvalue weighted by Gasteiger charge is 2.24. The first-order valence-electron chi connectivity index (χ1n) is 7.21. The summed E-state index contributed by atoms with van der Waals surface area (Å²) in [4.78, 5) is 2.61. The SMILES string of the molecule is CN(CC1CCCCC1)C1CCCC(N)C1. The number of hydrogen-bond acceptors (Lipinski definition) is 2. The molecule has 0 aromatic rings. The second-order valence-corrected chi connectivity index (χ2v) is 6.02. The quantitative estimate of drug-likeness (QED) is 0.798. The largest absolute Gasteiger partial charge is 0.328 e. The smallest absolute Gasteiger partial charge is 0.0107 e. The Balaban J connectivity index is 1.75. The molecule has 2 aliphatic rings. The van der Waals surface area contributed by atoms with Crippen molar-refractivity contribution in [1.82, 2.24) is 4.90 Å². The molecule has 0 radical (unpaired) electrons. The summed E-state index contributed by atoms with van der Waals surface area (Å²) < 4.78 is 0. The van der Waals surface area contributed by atoms with Gasteiger partial charge in [-0.2, -0.15) is 0 Å². The standard InChI is InChI=1S/C14H28N2/c1-16(11-12-6-3-2-4-7-12)14-9-5-8-13(15)10-14/h12-14H,2-11,15H2,1H3. The monoisotopic (exact) mass is 224 g/mol. The Kier molecular flexibility index (Phi) is 4.66. The molecule has 0 aliphatic heterocycles. The van der Waals surface area contributed by atoms with Gasteiger partial charge in [-0.25, -0.2) is 0 Å². The number of nitrogens with two attached hydrogens (primary N) is 1. The fourth-order valence-corrected chi connectivity index (χ4v) is 3.53. The van der Waals surface area contributed by atoms with Gasteiger partial charge in [0.25, 0.3) is 0 Å². The van der Waals surface area contributed by atoms with Crippen molar-refractivity contribution in [3.8, 4) is 0 Å². The van der Waals surface area contributed by atoms with E-state index in [4.69, 9.17) is 5.73 Å². The van der Waals surface area contributed by atoms with Crippen LogP contribution in [-0.2, 0) is 0 Å². The Labute approximate surface area is 101 Å². The number of hydrogen-bond donors (Lipinski definition) is 1. The molecule has 2 rings (SSSR count). The summed E-state index contributed by atoms with van der Waals surface area (Å²) in [5.41, 5.74) is 6.07. The maximum Gasteiger partial charge on any atom is 0.0107 e. The van der Waals surface area contributed by atoms with Gasteiger partial charge in [0.1, 0.15) is 0 Å². The molecule has 2 nitrogen and oxygen atoms in total. The Hall–Kier alpha value is -0.0800. The molecule has 2 unspecified atom stereocenters. The Morgan fingerprint density at radius 3 is 2.44 bits per heavy atom. The molecule has 0 heterocycles. The zero-order valence-corrected chi connectivity index (χ0v) is 10.8. The third-order valence-electron chi connectivity index (χ3n) is 4.58. The van der Waals surface area contributed by atoms with Crippen molar-refractivity contribution >= 4 is 0 Å². The topological polar surface area (TPSA) is 29.3 Å². The molecule has 2 fully saturated rings. The summed E-state index contributed by atoms with van der Waals surface area (Å²) in [6.45, 7) is 1.32. The van der Waals surface area contributed by atoms with Crippen molar-refractivity contribution in [3.05, 3.63) is 0 Å². The summed E-state index contributed by atoms with van der Waals surface area (Å²) in [5, 5.41) is 0. The van der Waals surface area contributed by atoms with Crippen LogP contribution in [0.4, 0.5) is 0 Å². The normalized spacial score (nSPS) is 33.2. The van der Waals surface area contributed by atoms with Gasteiger partial charge in [-0.3, -0.25) is 0 Å². The lowest BCUT2D eigenvalue weighted by molar-refractivity contribution is 0.143. The third-order valence-corrected chi connectivity index (χ3v) is 4.58. The van der Waals surface area contributed by atoms with Crippen LogP contribution in [0, 0.1) is 5.92 Å². The molecule has 2 N–H and O–H groups in total. The lowest BCUT2D eigenvalue weighted by atomic mass is 9.87. The lowest BCUT2D eigenvalue weighted by Crippen LogP contribution is -2.42. The first-order chi connectivity index (χ1) is 7.75. The van der Waals surface area contributed by atoms with E-state index in [-0.39, 0.29) is 0 Å². The maximum atomic E-state index is 6.07. The maximum absolute atomic E-state index is 6.07. The summed E-state index contributed by atoms with van der Waals surface area (Å²) in [6.07, 6.45) is 12.5. The van der Waals surface area contributed by atoms with Crippen LogP contribution >= 0.6 is 0 Å². The van der Waals surface area contributed by atoms with E-state index in [2.05, 4.69) is 11.9 Å². The van der Waals surface area contributed by atoms with Crippen molar-refractivity contribution in [3.63, 3.8) is 0 Å². The average molecular weight is 224 g/mol. The summed E-state index contributed by atoms with van der Waals surface area (Å²) in [7, 11) is 2.32. The first kappa shape index (κ1) is 12.4. The third kappa shape index (κ3) is 3.46. The summed E-state index contributed by atoms with van der Waals surface area (Å²) >= 11 is 0. The van der Waals surface area contributed by atoms with Crippen molar-refractivity contribution in [2.75, 3.05) is 13.6 Å². The molecule has 2 aliphatic carbocycles. The van der Waals surface area contributed by atoms with Gasteiger partial charge in [0.15, 0.2) is 0 Å². The highest BCUT2D eigenvalue weighted by atomic mass is 15.1. The molecule has 16 heavy (non-hydrogen) atoms. The minimum atomic E-state index is 0.465. The molecule has 2 saturated carbocycles. The molecule has 0 aromatic heterocycles. The lowest BCUT2D eigenvalue weighted by Gasteiger charge is -2.36. The van der Waals surface area contributed by atoms with E-state index in [1.165, 1.54) is 64.3 Å². The molecule has 0 aromatic carbocycles. The van der Waals surface area contributed by atoms with Crippen LogP contribution in [0.25, 0.3) is 0 Å². The van der Waals surface area contributed by atoms with E-state index in [1.54, 1.807) is 0 Å². The molecular weight excluding hydrogens is 196 g/mol. The minimum Gasteiger partial charge on any atom is -0.328 e. The molecule has 0 bridgehead atoms. The molecule has 0 spiro atoms. The van der Waals surface area contributed by atoms with Crippen molar-refractivity contribution in [1.29, 1.82) is 0 Å². The van der Waals surface area contributed by atoms with Crippen molar-refractivity contribution in [2.45, 2.75) is 69.9 Å². The van der Waals surface area contributed by atoms with Gasteiger partial charge >= 0.3 is 0 Å². The van der Waals surface area contributed by atoms with E-state index >= 15 is 0 Å². The number of rotatable bonds is 3. The highest BCUT2D eigenvalue weighted by molar-refractivity contribution is 4.82. The van der Waals surface area contributed by atoms with Gasteiger partial charge in [-0.1, -0.05) is 25.7 Å². The highest BCUT2D eigenvalue weighted by Crippen LogP contribution is 2.27. The van der Waals surface area contributed by atoms with E-state index in [0.717, 1.165) is 12.0 Å². The molecule has 0 amide bonds. The zero-order chi connectivity index (χ0) is 11.4. The van der Waals surface area contributed by atoms with E-state index in [0.29, 0.717) is 6.04 Å². The van der Waals surface area contributed by atoms with Crippen LogP contribution in [-0.4, -0.2) is 30.6 Å². The fraction of sp³-hybridized carbons (Fsp3) is 1.00. The molecule has 2 heteroatoms. The summed E-state index contributed by atoms with van der Waals surface area (Å²) in [6, 6.07) is 1.23. The van der Waals surface area contributed by atoms with E-state index < -0.39 is 0 Å². The molecular formula is C14H28N2. The average Bonchev–Trinajstić information content (AvgIpc) is 2.30. The molecule has 94 valence electrons. The van der Waals surface area contributed by atoms with Crippen LogP contribution in [0.2, 0.25) is 0 Å². The van der Waals surface area contributed by atoms with Crippen LogP contribution < -0.4 is 5.73 Å². The predicted molar refractivity (Wildman–Crippen MR) is 69.4 cm³/mol. The van der Waals surface area contributed by atoms with Gasteiger partial charge < -0.3 is 10.6 Å². The summed E-state index contributed by atoms with van der Waals surface area (Å²) in [5.74, 6) is 0.969. The van der Waals surface area contributed by atoms with Crippen LogP contribution in [0.5, 0.6) is 0 Å². The van der Waals surface area contributed by atoms with Crippen molar-refractivity contribution in [2.24, 2.45) is 11.7 Å². The van der Waals surface area contributed by atoms with Gasteiger partial charge in [0.2, 0.25) is 0 Å². The van der Waals surface area contributed by atoms with Crippen LogP contribution in [0.1, 0.15) is 57.8 Å². The Morgan fingerprint density at radius 2 is 1.75 bits per heavy atom. The second-order valence-electron chi connectivity index (χ2n) is 6.02. The molecule has 2 atom stereocenters. The minimum absolute atomic E-state index is 0.465. The van der Waals surface area contributed by atoms with Crippen molar-refractivity contribution < 1.29 is 0 Å². The molecule has 0 saturated heterocycles. The number of nitrogens with zero attached hydrogens (tertiary/aromatic N) is 1. The van der Waals surface area contributed by atoms with Gasteiger partial charge in [-0.05, 0) is 45.1 Å². The van der Waals surface area contributed by atoms with Crippen LogP contribution in [0.15, 0.2) is 0 Å². The van der Waals surface area contributed by atoms with Gasteiger partial charge in [0.05, 0.1) is 0 Å². The first-order valence-corrected chi connectivity index (χ1v) is 7.21. The zero-order valence-electron chi connectivity index (χ0n) is 10.8. The Bertz CT molecular complexity index is 199. The van der Waals surface area contributed by atoms with Crippen LogP contribution in [0.3, 0.4) is 0 Å². The fourth-order valence-electron chi connectivity index (χ4n) is 3.53. The van der Waals surface area contributed by atoms with Gasteiger partial charge in [-0.15, -0.1) is 0 Å². The predicted octanol–water partition coefficient (Wildman–Crippen LogP) is 2.77.